The lowest BCUT2D eigenvalue weighted by atomic mass is 10.2. The standard InChI is InChI=1S/C9H10BrFOS/c10-8-5-7(1-2-9(8)11)6-13-4-3-12/h1-2,5,12H,3-4,6H2. The van der Waals surface area contributed by atoms with Crippen molar-refractivity contribution in [3.05, 3.63) is 34.1 Å². The van der Waals surface area contributed by atoms with Gasteiger partial charge in [-0.15, -0.1) is 0 Å². The van der Waals surface area contributed by atoms with E-state index in [0.29, 0.717) is 4.47 Å². The lowest BCUT2D eigenvalue weighted by Crippen LogP contribution is -1.88. The third-order valence-corrected chi connectivity index (χ3v) is 3.10. The maximum atomic E-state index is 12.8. The molecule has 1 nitrogen and oxygen atoms in total. The Kier molecular flexibility index (Phi) is 4.77. The van der Waals surface area contributed by atoms with E-state index < -0.39 is 0 Å². The zero-order valence-electron chi connectivity index (χ0n) is 6.96. The van der Waals surface area contributed by atoms with Crippen LogP contribution in [0.25, 0.3) is 0 Å². The molecule has 0 unspecified atom stereocenters. The van der Waals surface area contributed by atoms with Gasteiger partial charge in [-0.05, 0) is 33.6 Å². The second kappa shape index (κ2) is 5.62. The molecule has 0 amide bonds. The number of hydrogen-bond donors (Lipinski definition) is 1. The highest BCUT2D eigenvalue weighted by atomic mass is 79.9. The molecular weight excluding hydrogens is 255 g/mol. The lowest BCUT2D eigenvalue weighted by Gasteiger charge is -2.01. The highest BCUT2D eigenvalue weighted by Gasteiger charge is 1.99. The molecule has 13 heavy (non-hydrogen) atoms. The molecule has 0 saturated carbocycles. The van der Waals surface area contributed by atoms with E-state index >= 15 is 0 Å². The highest BCUT2D eigenvalue weighted by Crippen LogP contribution is 2.19. The first-order valence-corrected chi connectivity index (χ1v) is 5.81. The second-order valence-electron chi connectivity index (χ2n) is 2.52. The van der Waals surface area contributed by atoms with E-state index in [2.05, 4.69) is 15.9 Å². The van der Waals surface area contributed by atoms with Crippen LogP contribution in [0.2, 0.25) is 0 Å². The molecular formula is C9H10BrFOS. The lowest BCUT2D eigenvalue weighted by molar-refractivity contribution is 0.322. The number of hydrogen-bond acceptors (Lipinski definition) is 2. The van der Waals surface area contributed by atoms with Gasteiger partial charge in [-0.2, -0.15) is 11.8 Å². The SMILES string of the molecule is OCCSCc1ccc(F)c(Br)c1. The zero-order chi connectivity index (χ0) is 9.68. The minimum absolute atomic E-state index is 0.188. The molecule has 0 atom stereocenters. The van der Waals surface area contributed by atoms with Gasteiger partial charge in [0.2, 0.25) is 0 Å². The Morgan fingerprint density at radius 2 is 2.23 bits per heavy atom. The molecule has 0 aliphatic heterocycles. The third-order valence-electron chi connectivity index (χ3n) is 1.49. The summed E-state index contributed by atoms with van der Waals surface area (Å²) in [4.78, 5) is 0. The van der Waals surface area contributed by atoms with Crippen molar-refractivity contribution >= 4 is 27.7 Å². The molecule has 4 heteroatoms. The van der Waals surface area contributed by atoms with Crippen molar-refractivity contribution < 1.29 is 9.50 Å². The number of aliphatic hydroxyl groups is 1. The molecule has 1 aromatic rings. The Bertz CT molecular complexity index is 280. The Morgan fingerprint density at radius 3 is 2.85 bits per heavy atom. The number of rotatable bonds is 4. The molecule has 0 aliphatic carbocycles. The Balaban J connectivity index is 2.53. The summed E-state index contributed by atoms with van der Waals surface area (Å²) < 4.78 is 13.3. The van der Waals surface area contributed by atoms with Gasteiger partial charge in [-0.1, -0.05) is 6.07 Å². The average Bonchev–Trinajstić information content (AvgIpc) is 2.12. The fraction of sp³-hybridized carbons (Fsp3) is 0.333. The molecule has 1 rings (SSSR count). The minimum Gasteiger partial charge on any atom is -0.396 e. The van der Waals surface area contributed by atoms with Crippen LogP contribution in [0.5, 0.6) is 0 Å². The van der Waals surface area contributed by atoms with E-state index in [1.165, 1.54) is 6.07 Å². The predicted molar refractivity (Wildman–Crippen MR) is 57.3 cm³/mol. The monoisotopic (exact) mass is 264 g/mol. The number of halogens is 2. The van der Waals surface area contributed by atoms with Gasteiger partial charge in [0, 0.05) is 11.5 Å². The van der Waals surface area contributed by atoms with E-state index in [9.17, 15) is 4.39 Å². The number of aliphatic hydroxyl groups excluding tert-OH is 1. The van der Waals surface area contributed by atoms with E-state index in [4.69, 9.17) is 5.11 Å². The summed E-state index contributed by atoms with van der Waals surface area (Å²) in [5.74, 6) is 1.28. The summed E-state index contributed by atoms with van der Waals surface area (Å²) in [6, 6.07) is 4.96. The van der Waals surface area contributed by atoms with E-state index in [0.717, 1.165) is 17.1 Å². The van der Waals surface area contributed by atoms with Gasteiger partial charge in [-0.25, -0.2) is 4.39 Å². The van der Waals surface area contributed by atoms with Gasteiger partial charge in [0.15, 0.2) is 0 Å². The van der Waals surface area contributed by atoms with E-state index in [-0.39, 0.29) is 12.4 Å². The minimum atomic E-state index is -0.240. The fourth-order valence-corrected chi connectivity index (χ4v) is 2.00. The maximum absolute atomic E-state index is 12.8. The van der Waals surface area contributed by atoms with Crippen LogP contribution in [0.15, 0.2) is 22.7 Å². The molecule has 0 aliphatic rings. The molecule has 0 radical (unpaired) electrons. The average molecular weight is 265 g/mol. The normalized spacial score (nSPS) is 10.4. The van der Waals surface area contributed by atoms with Crippen LogP contribution in [0.3, 0.4) is 0 Å². The summed E-state index contributed by atoms with van der Waals surface area (Å²) in [5.41, 5.74) is 1.06. The second-order valence-corrected chi connectivity index (χ2v) is 4.48. The van der Waals surface area contributed by atoms with E-state index in [1.54, 1.807) is 23.9 Å². The molecule has 0 spiro atoms. The first-order chi connectivity index (χ1) is 6.24. The van der Waals surface area contributed by atoms with Crippen molar-refractivity contribution in [2.75, 3.05) is 12.4 Å². The van der Waals surface area contributed by atoms with Gasteiger partial charge in [-0.3, -0.25) is 0 Å². The first kappa shape index (κ1) is 11.0. The van der Waals surface area contributed by atoms with Crippen LogP contribution < -0.4 is 0 Å². The van der Waals surface area contributed by atoms with Crippen molar-refractivity contribution in [2.24, 2.45) is 0 Å². The zero-order valence-corrected chi connectivity index (χ0v) is 9.37. The summed E-state index contributed by atoms with van der Waals surface area (Å²) in [5, 5.41) is 8.55. The Hall–Kier alpha value is -0.0600. The molecule has 0 aromatic heterocycles. The van der Waals surface area contributed by atoms with E-state index in [1.807, 2.05) is 0 Å². The first-order valence-electron chi connectivity index (χ1n) is 3.86. The van der Waals surface area contributed by atoms with Crippen molar-refractivity contribution in [2.45, 2.75) is 5.75 Å². The molecule has 0 fully saturated rings. The summed E-state index contributed by atoms with van der Waals surface area (Å²) in [7, 11) is 0. The quantitative estimate of drug-likeness (QED) is 0.845. The van der Waals surface area contributed by atoms with Crippen LogP contribution >= 0.6 is 27.7 Å². The Labute approximate surface area is 89.5 Å². The van der Waals surface area contributed by atoms with Gasteiger partial charge in [0.25, 0.3) is 0 Å². The van der Waals surface area contributed by atoms with Crippen LogP contribution in [-0.2, 0) is 5.75 Å². The van der Waals surface area contributed by atoms with Gasteiger partial charge >= 0.3 is 0 Å². The predicted octanol–water partition coefficient (Wildman–Crippen LogP) is 2.81. The molecule has 1 N–H and O–H groups in total. The highest BCUT2D eigenvalue weighted by molar-refractivity contribution is 9.10. The van der Waals surface area contributed by atoms with Gasteiger partial charge in [0.1, 0.15) is 5.82 Å². The van der Waals surface area contributed by atoms with Crippen LogP contribution in [0.4, 0.5) is 4.39 Å². The Morgan fingerprint density at radius 1 is 1.46 bits per heavy atom. The number of thioether (sulfide) groups is 1. The van der Waals surface area contributed by atoms with Crippen molar-refractivity contribution in [3.63, 3.8) is 0 Å². The summed E-state index contributed by atoms with van der Waals surface area (Å²) in [6.07, 6.45) is 0. The maximum Gasteiger partial charge on any atom is 0.137 e. The summed E-state index contributed by atoms with van der Waals surface area (Å²) >= 11 is 4.75. The fourth-order valence-electron chi connectivity index (χ4n) is 0.884. The van der Waals surface area contributed by atoms with Crippen LogP contribution in [-0.4, -0.2) is 17.5 Å². The molecule has 0 saturated heterocycles. The van der Waals surface area contributed by atoms with Crippen LogP contribution in [0.1, 0.15) is 5.56 Å². The van der Waals surface area contributed by atoms with Gasteiger partial charge < -0.3 is 5.11 Å². The largest absolute Gasteiger partial charge is 0.396 e. The molecule has 1 aromatic carbocycles. The van der Waals surface area contributed by atoms with Crippen molar-refractivity contribution in [3.8, 4) is 0 Å². The van der Waals surface area contributed by atoms with Crippen molar-refractivity contribution in [1.29, 1.82) is 0 Å². The molecule has 72 valence electrons. The third kappa shape index (κ3) is 3.67. The molecule has 0 bridgehead atoms. The smallest absolute Gasteiger partial charge is 0.137 e. The topological polar surface area (TPSA) is 20.2 Å². The molecule has 0 heterocycles. The van der Waals surface area contributed by atoms with Crippen molar-refractivity contribution in [1.82, 2.24) is 0 Å². The van der Waals surface area contributed by atoms with Gasteiger partial charge in [0.05, 0.1) is 11.1 Å². The number of benzene rings is 1. The summed E-state index contributed by atoms with van der Waals surface area (Å²) in [6.45, 7) is 0.188. The van der Waals surface area contributed by atoms with Crippen LogP contribution in [0, 0.1) is 5.82 Å².